The second kappa shape index (κ2) is 6.48. The van der Waals surface area contributed by atoms with E-state index in [0.717, 1.165) is 32.4 Å². The monoisotopic (exact) mass is 364 g/mol. The van der Waals surface area contributed by atoms with Gasteiger partial charge < -0.3 is 10.1 Å². The summed E-state index contributed by atoms with van der Waals surface area (Å²) in [5, 5.41) is 3.15. The number of fused-ring (bicyclic) bond motifs is 1. The molecule has 2 fully saturated rings. The number of carbonyl (C=O) groups is 1. The lowest BCUT2D eigenvalue weighted by Crippen LogP contribution is -2.59. The van der Waals surface area contributed by atoms with Crippen molar-refractivity contribution in [3.8, 4) is 0 Å². The molecule has 5 heteroatoms. The van der Waals surface area contributed by atoms with Crippen LogP contribution in [0.25, 0.3) is 0 Å². The Morgan fingerprint density at radius 2 is 1.92 bits per heavy atom. The maximum absolute atomic E-state index is 12.4. The molecule has 1 heterocycles. The standard InChI is InChI=1S/C20H29ClN2O2/c1-15(16-9-6-5-7-10-16)23-13-19(21)11-8-12-20(19,14-23)22-17(24)25-18(2,3)4/h5-7,9-10,15H,8,11-14H2,1-4H3,(H,22,24)/t15-,19+,20-/m1/s1. The second-order valence-electron chi connectivity index (χ2n) is 8.52. The van der Waals surface area contributed by atoms with Crippen molar-refractivity contribution in [3.05, 3.63) is 35.9 Å². The van der Waals surface area contributed by atoms with Crippen LogP contribution in [-0.4, -0.2) is 40.1 Å². The van der Waals surface area contributed by atoms with Crippen LogP contribution >= 0.6 is 11.6 Å². The number of amides is 1. The molecule has 3 rings (SSSR count). The molecule has 0 spiro atoms. The Bertz CT molecular complexity index is 630. The van der Waals surface area contributed by atoms with E-state index in [-0.39, 0.29) is 12.1 Å². The van der Waals surface area contributed by atoms with Gasteiger partial charge in [-0.2, -0.15) is 0 Å². The van der Waals surface area contributed by atoms with Gasteiger partial charge in [-0.1, -0.05) is 30.3 Å². The molecule has 1 aromatic rings. The Labute approximate surface area is 155 Å². The normalized spacial score (nSPS) is 30.8. The Balaban J connectivity index is 1.78. The minimum Gasteiger partial charge on any atom is -0.444 e. The second-order valence-corrected chi connectivity index (χ2v) is 9.24. The van der Waals surface area contributed by atoms with Gasteiger partial charge in [-0.3, -0.25) is 4.90 Å². The first-order valence-corrected chi connectivity index (χ1v) is 9.51. The molecule has 1 saturated heterocycles. The van der Waals surface area contributed by atoms with E-state index in [1.54, 1.807) is 0 Å². The van der Waals surface area contributed by atoms with Gasteiger partial charge in [-0.25, -0.2) is 4.79 Å². The van der Waals surface area contributed by atoms with Crippen molar-refractivity contribution < 1.29 is 9.53 Å². The molecule has 0 bridgehead atoms. The number of carbonyl (C=O) groups excluding carboxylic acids is 1. The van der Waals surface area contributed by atoms with Crippen LogP contribution < -0.4 is 5.32 Å². The molecule has 138 valence electrons. The topological polar surface area (TPSA) is 41.6 Å². The fourth-order valence-corrected chi connectivity index (χ4v) is 4.73. The Morgan fingerprint density at radius 3 is 2.56 bits per heavy atom. The number of rotatable bonds is 3. The third kappa shape index (κ3) is 3.65. The van der Waals surface area contributed by atoms with E-state index in [4.69, 9.17) is 16.3 Å². The van der Waals surface area contributed by atoms with Gasteiger partial charge in [0.05, 0.1) is 10.4 Å². The van der Waals surface area contributed by atoms with Gasteiger partial charge in [0.1, 0.15) is 5.60 Å². The van der Waals surface area contributed by atoms with Crippen molar-refractivity contribution in [1.29, 1.82) is 0 Å². The van der Waals surface area contributed by atoms with E-state index >= 15 is 0 Å². The molecule has 0 aromatic heterocycles. The summed E-state index contributed by atoms with van der Waals surface area (Å²) in [7, 11) is 0. The largest absolute Gasteiger partial charge is 0.444 e. The highest BCUT2D eigenvalue weighted by Crippen LogP contribution is 2.51. The van der Waals surface area contributed by atoms with E-state index < -0.39 is 16.0 Å². The van der Waals surface area contributed by atoms with Crippen molar-refractivity contribution in [1.82, 2.24) is 10.2 Å². The van der Waals surface area contributed by atoms with Gasteiger partial charge in [0, 0.05) is 19.1 Å². The van der Waals surface area contributed by atoms with Crippen LogP contribution in [0.2, 0.25) is 0 Å². The highest BCUT2D eigenvalue weighted by Gasteiger charge is 2.61. The maximum atomic E-state index is 12.4. The summed E-state index contributed by atoms with van der Waals surface area (Å²) < 4.78 is 5.50. The van der Waals surface area contributed by atoms with E-state index in [1.807, 2.05) is 26.8 Å². The summed E-state index contributed by atoms with van der Waals surface area (Å²) in [5.74, 6) is 0. The van der Waals surface area contributed by atoms with Crippen LogP contribution in [0.3, 0.4) is 0 Å². The van der Waals surface area contributed by atoms with Crippen LogP contribution in [0, 0.1) is 0 Å². The molecule has 1 aromatic carbocycles. The summed E-state index contributed by atoms with van der Waals surface area (Å²) in [6, 6.07) is 10.7. The average molecular weight is 365 g/mol. The van der Waals surface area contributed by atoms with Gasteiger partial charge >= 0.3 is 6.09 Å². The summed E-state index contributed by atoms with van der Waals surface area (Å²) in [6.07, 6.45) is 2.48. The Hall–Kier alpha value is -1.26. The number of likely N-dealkylation sites (tertiary alicyclic amines) is 1. The Morgan fingerprint density at radius 1 is 1.24 bits per heavy atom. The molecule has 3 atom stereocenters. The molecule has 1 aliphatic carbocycles. The van der Waals surface area contributed by atoms with Crippen LogP contribution in [0.15, 0.2) is 30.3 Å². The molecule has 1 aliphatic heterocycles. The third-order valence-electron chi connectivity index (χ3n) is 5.53. The molecule has 0 radical (unpaired) electrons. The molecule has 1 amide bonds. The summed E-state index contributed by atoms with van der Waals surface area (Å²) in [6.45, 7) is 9.38. The van der Waals surface area contributed by atoms with Crippen molar-refractivity contribution in [3.63, 3.8) is 0 Å². The zero-order chi connectivity index (χ0) is 18.3. The van der Waals surface area contributed by atoms with Gasteiger partial charge in [0.25, 0.3) is 0 Å². The number of ether oxygens (including phenoxy) is 1. The third-order valence-corrected chi connectivity index (χ3v) is 6.20. The lowest BCUT2D eigenvalue weighted by molar-refractivity contribution is 0.0448. The number of hydrogen-bond acceptors (Lipinski definition) is 3. The quantitative estimate of drug-likeness (QED) is 0.803. The van der Waals surface area contributed by atoms with Crippen LogP contribution in [0.4, 0.5) is 4.79 Å². The predicted molar refractivity (Wildman–Crippen MR) is 101 cm³/mol. The molecule has 2 aliphatic rings. The van der Waals surface area contributed by atoms with E-state index in [2.05, 4.69) is 41.4 Å². The first-order chi connectivity index (χ1) is 11.6. The van der Waals surface area contributed by atoms with Gasteiger partial charge in [0.15, 0.2) is 0 Å². The van der Waals surface area contributed by atoms with Gasteiger partial charge in [0.2, 0.25) is 0 Å². The number of benzene rings is 1. The lowest BCUT2D eigenvalue weighted by atomic mass is 9.90. The van der Waals surface area contributed by atoms with Crippen LogP contribution in [0.5, 0.6) is 0 Å². The highest BCUT2D eigenvalue weighted by atomic mass is 35.5. The molecular weight excluding hydrogens is 336 g/mol. The first kappa shape index (κ1) is 18.5. The van der Waals surface area contributed by atoms with Crippen LogP contribution in [0.1, 0.15) is 58.6 Å². The van der Waals surface area contributed by atoms with Crippen molar-refractivity contribution >= 4 is 17.7 Å². The number of alkyl carbamates (subject to hydrolysis) is 1. The summed E-state index contributed by atoms with van der Waals surface area (Å²) in [4.78, 5) is 14.4. The first-order valence-electron chi connectivity index (χ1n) is 9.13. The molecule has 25 heavy (non-hydrogen) atoms. The maximum Gasteiger partial charge on any atom is 0.408 e. The molecule has 1 saturated carbocycles. The zero-order valence-electron chi connectivity index (χ0n) is 15.6. The summed E-state index contributed by atoms with van der Waals surface area (Å²) in [5.41, 5.74) is 0.347. The fourth-order valence-electron chi connectivity index (χ4n) is 4.24. The zero-order valence-corrected chi connectivity index (χ0v) is 16.4. The predicted octanol–water partition coefficient (Wildman–Crippen LogP) is 4.49. The Kier molecular flexibility index (Phi) is 4.80. The minimum atomic E-state index is -0.510. The van der Waals surface area contributed by atoms with Crippen LogP contribution in [-0.2, 0) is 4.74 Å². The van der Waals surface area contributed by atoms with E-state index in [1.165, 1.54) is 5.56 Å². The van der Waals surface area contributed by atoms with Crippen molar-refractivity contribution in [2.75, 3.05) is 13.1 Å². The molecule has 4 nitrogen and oxygen atoms in total. The number of alkyl halides is 1. The van der Waals surface area contributed by atoms with Crippen molar-refractivity contribution in [2.24, 2.45) is 0 Å². The number of halogens is 1. The number of nitrogens with zero attached hydrogens (tertiary/aromatic N) is 1. The van der Waals surface area contributed by atoms with Gasteiger partial charge in [-0.05, 0) is 52.5 Å². The van der Waals surface area contributed by atoms with Crippen molar-refractivity contribution in [2.45, 2.75) is 69.0 Å². The highest BCUT2D eigenvalue weighted by molar-refractivity contribution is 6.25. The van der Waals surface area contributed by atoms with E-state index in [9.17, 15) is 4.79 Å². The van der Waals surface area contributed by atoms with E-state index in [0.29, 0.717) is 0 Å². The number of nitrogens with one attached hydrogen (secondary N) is 1. The molecular formula is C20H29ClN2O2. The molecule has 0 unspecified atom stereocenters. The number of hydrogen-bond donors (Lipinski definition) is 1. The smallest absolute Gasteiger partial charge is 0.408 e. The average Bonchev–Trinajstić information content (AvgIpc) is 2.94. The van der Waals surface area contributed by atoms with Gasteiger partial charge in [-0.15, -0.1) is 11.6 Å². The fraction of sp³-hybridized carbons (Fsp3) is 0.650. The minimum absolute atomic E-state index is 0.264. The summed E-state index contributed by atoms with van der Waals surface area (Å²) >= 11 is 7.05. The lowest BCUT2D eigenvalue weighted by Gasteiger charge is -2.36. The SMILES string of the molecule is C[C@H](c1ccccc1)N1C[C@@]2(Cl)CCC[C@@]2(NC(=O)OC(C)(C)C)C1. The molecule has 1 N–H and O–H groups in total.